The molecule has 4 nitrogen and oxygen atoms in total. The highest BCUT2D eigenvalue weighted by Gasteiger charge is 2.27. The van der Waals surface area contributed by atoms with Gasteiger partial charge in [0.2, 0.25) is 0 Å². The van der Waals surface area contributed by atoms with E-state index in [-0.39, 0.29) is 5.92 Å². The predicted octanol–water partition coefficient (Wildman–Crippen LogP) is 3.92. The van der Waals surface area contributed by atoms with E-state index in [4.69, 9.17) is 4.74 Å². The van der Waals surface area contributed by atoms with Gasteiger partial charge in [0.05, 0.1) is 0 Å². The fourth-order valence-corrected chi connectivity index (χ4v) is 2.13. The minimum absolute atomic E-state index is 0.274. The monoisotopic (exact) mass is 291 g/mol. The van der Waals surface area contributed by atoms with Crippen molar-refractivity contribution in [3.63, 3.8) is 0 Å². The Kier molecular flexibility index (Phi) is 5.53. The van der Waals surface area contributed by atoms with E-state index in [0.717, 1.165) is 17.4 Å². The van der Waals surface area contributed by atoms with Gasteiger partial charge in [0, 0.05) is 7.05 Å². The van der Waals surface area contributed by atoms with Crippen molar-refractivity contribution in [3.8, 4) is 0 Å². The number of ether oxygens (including phenoxy) is 1. The van der Waals surface area contributed by atoms with Crippen molar-refractivity contribution in [3.05, 3.63) is 35.4 Å². The van der Waals surface area contributed by atoms with Crippen molar-refractivity contribution in [2.75, 3.05) is 7.05 Å². The standard InChI is InChI=1S/C17H25NO3/c1-12(2)13-9-7-8-10-14(13)15(11-19)18(6)16(20)21-17(3,4)5/h7-12,15H,1-6H3. The van der Waals surface area contributed by atoms with Gasteiger partial charge in [0.15, 0.2) is 0 Å². The van der Waals surface area contributed by atoms with Gasteiger partial charge in [-0.1, -0.05) is 38.1 Å². The summed E-state index contributed by atoms with van der Waals surface area (Å²) in [5.74, 6) is 0.274. The minimum atomic E-state index is -0.640. The van der Waals surface area contributed by atoms with Crippen molar-refractivity contribution < 1.29 is 14.3 Å². The number of aldehydes is 1. The molecule has 1 amide bonds. The van der Waals surface area contributed by atoms with Gasteiger partial charge in [-0.25, -0.2) is 4.79 Å². The second kappa shape index (κ2) is 6.74. The Morgan fingerprint density at radius 3 is 2.14 bits per heavy atom. The van der Waals surface area contributed by atoms with Crippen molar-refractivity contribution in [2.45, 2.75) is 52.2 Å². The highest BCUT2D eigenvalue weighted by Crippen LogP contribution is 2.27. The highest BCUT2D eigenvalue weighted by molar-refractivity contribution is 5.75. The van der Waals surface area contributed by atoms with Crippen LogP contribution in [0.25, 0.3) is 0 Å². The molecular weight excluding hydrogens is 266 g/mol. The van der Waals surface area contributed by atoms with Gasteiger partial charge >= 0.3 is 6.09 Å². The average molecular weight is 291 g/mol. The summed E-state index contributed by atoms with van der Waals surface area (Å²) in [6.07, 6.45) is 0.281. The quantitative estimate of drug-likeness (QED) is 0.790. The van der Waals surface area contributed by atoms with Crippen LogP contribution in [0.5, 0.6) is 0 Å². The van der Waals surface area contributed by atoms with E-state index < -0.39 is 17.7 Å². The van der Waals surface area contributed by atoms with Crippen LogP contribution >= 0.6 is 0 Å². The predicted molar refractivity (Wildman–Crippen MR) is 83.3 cm³/mol. The summed E-state index contributed by atoms with van der Waals surface area (Å²) < 4.78 is 5.33. The Morgan fingerprint density at radius 1 is 1.19 bits per heavy atom. The maximum absolute atomic E-state index is 12.2. The van der Waals surface area contributed by atoms with Crippen LogP contribution in [0.3, 0.4) is 0 Å². The number of hydrogen-bond acceptors (Lipinski definition) is 3. The van der Waals surface area contributed by atoms with Crippen LogP contribution in [-0.4, -0.2) is 29.9 Å². The van der Waals surface area contributed by atoms with Crippen LogP contribution in [0.2, 0.25) is 0 Å². The molecule has 0 aromatic heterocycles. The third-order valence-electron chi connectivity index (χ3n) is 3.16. The van der Waals surface area contributed by atoms with Crippen LogP contribution < -0.4 is 0 Å². The molecule has 0 aliphatic carbocycles. The van der Waals surface area contributed by atoms with E-state index >= 15 is 0 Å². The van der Waals surface area contributed by atoms with Crippen molar-refractivity contribution in [2.24, 2.45) is 0 Å². The van der Waals surface area contributed by atoms with Crippen LogP contribution in [0, 0.1) is 0 Å². The number of amides is 1. The van der Waals surface area contributed by atoms with Crippen LogP contribution in [0.15, 0.2) is 24.3 Å². The summed E-state index contributed by atoms with van der Waals surface area (Å²) in [6, 6.07) is 7.04. The molecule has 21 heavy (non-hydrogen) atoms. The van der Waals surface area contributed by atoms with E-state index in [1.165, 1.54) is 4.90 Å². The first-order chi connectivity index (χ1) is 9.67. The Hall–Kier alpha value is -1.84. The van der Waals surface area contributed by atoms with E-state index in [1.54, 1.807) is 27.8 Å². The fourth-order valence-electron chi connectivity index (χ4n) is 2.13. The number of nitrogens with zero attached hydrogens (tertiary/aromatic N) is 1. The summed E-state index contributed by atoms with van der Waals surface area (Å²) in [7, 11) is 1.59. The molecule has 0 saturated heterocycles. The molecule has 0 aliphatic heterocycles. The highest BCUT2D eigenvalue weighted by atomic mass is 16.6. The van der Waals surface area contributed by atoms with E-state index in [1.807, 2.05) is 24.3 Å². The summed E-state index contributed by atoms with van der Waals surface area (Å²) in [5, 5.41) is 0. The van der Waals surface area contributed by atoms with Gasteiger partial charge in [-0.05, 0) is 37.8 Å². The van der Waals surface area contributed by atoms with Gasteiger partial charge in [-0.15, -0.1) is 0 Å². The van der Waals surface area contributed by atoms with Crippen LogP contribution in [-0.2, 0) is 9.53 Å². The first-order valence-electron chi connectivity index (χ1n) is 7.17. The molecule has 0 N–H and O–H groups in total. The lowest BCUT2D eigenvalue weighted by atomic mass is 9.93. The number of hydrogen-bond donors (Lipinski definition) is 0. The zero-order valence-corrected chi connectivity index (χ0v) is 13.7. The maximum atomic E-state index is 12.2. The molecule has 1 unspecified atom stereocenters. The third kappa shape index (κ3) is 4.59. The second-order valence-corrected chi connectivity index (χ2v) is 6.46. The van der Waals surface area contributed by atoms with Gasteiger partial charge in [0.25, 0.3) is 0 Å². The number of carbonyl (C=O) groups excluding carboxylic acids is 2. The van der Waals surface area contributed by atoms with Crippen LogP contribution in [0.1, 0.15) is 57.7 Å². The Labute approximate surface area is 127 Å². The fraction of sp³-hybridized carbons (Fsp3) is 0.529. The molecule has 1 atom stereocenters. The molecule has 0 bridgehead atoms. The normalized spacial score (nSPS) is 12.9. The van der Waals surface area contributed by atoms with Crippen molar-refractivity contribution in [1.82, 2.24) is 4.90 Å². The van der Waals surface area contributed by atoms with Crippen LogP contribution in [0.4, 0.5) is 4.79 Å². The molecule has 1 rings (SSSR count). The molecule has 0 radical (unpaired) electrons. The maximum Gasteiger partial charge on any atom is 0.410 e. The molecular formula is C17H25NO3. The van der Waals surface area contributed by atoms with Gasteiger partial charge in [0.1, 0.15) is 17.9 Å². The van der Waals surface area contributed by atoms with E-state index in [2.05, 4.69) is 13.8 Å². The first kappa shape index (κ1) is 17.2. The lowest BCUT2D eigenvalue weighted by Crippen LogP contribution is -2.37. The number of benzene rings is 1. The zero-order valence-electron chi connectivity index (χ0n) is 13.7. The van der Waals surface area contributed by atoms with Gasteiger partial charge in [-0.3, -0.25) is 4.90 Å². The molecule has 0 spiro atoms. The third-order valence-corrected chi connectivity index (χ3v) is 3.16. The second-order valence-electron chi connectivity index (χ2n) is 6.46. The number of rotatable bonds is 4. The van der Waals surface area contributed by atoms with E-state index in [9.17, 15) is 9.59 Å². The minimum Gasteiger partial charge on any atom is -0.444 e. The number of likely N-dealkylation sites (N-methyl/N-ethyl adjacent to an activating group) is 1. The van der Waals surface area contributed by atoms with Crippen molar-refractivity contribution >= 4 is 12.4 Å². The molecule has 0 saturated carbocycles. The summed E-state index contributed by atoms with van der Waals surface area (Å²) in [6.45, 7) is 9.53. The lowest BCUT2D eigenvalue weighted by molar-refractivity contribution is -0.112. The zero-order chi connectivity index (χ0) is 16.2. The van der Waals surface area contributed by atoms with Gasteiger partial charge < -0.3 is 9.53 Å². The topological polar surface area (TPSA) is 46.6 Å². The Morgan fingerprint density at radius 2 is 1.71 bits per heavy atom. The largest absolute Gasteiger partial charge is 0.444 e. The molecule has 0 aliphatic rings. The molecule has 116 valence electrons. The number of carbonyl (C=O) groups is 2. The summed E-state index contributed by atoms with van der Waals surface area (Å²) in [5.41, 5.74) is 1.32. The smallest absolute Gasteiger partial charge is 0.410 e. The SMILES string of the molecule is CC(C)c1ccccc1C(C=O)N(C)C(=O)OC(C)(C)C. The molecule has 0 fully saturated rings. The molecule has 0 heterocycles. The summed E-state index contributed by atoms with van der Waals surface area (Å²) in [4.78, 5) is 25.0. The molecule has 1 aromatic carbocycles. The Bertz CT molecular complexity index is 503. The van der Waals surface area contributed by atoms with Gasteiger partial charge in [-0.2, -0.15) is 0 Å². The average Bonchev–Trinajstić information content (AvgIpc) is 2.37. The molecule has 4 heteroatoms. The molecule has 1 aromatic rings. The lowest BCUT2D eigenvalue weighted by Gasteiger charge is -2.29. The Balaban J connectivity index is 3.08. The van der Waals surface area contributed by atoms with E-state index in [0.29, 0.717) is 0 Å². The summed E-state index contributed by atoms with van der Waals surface area (Å²) >= 11 is 0. The first-order valence-corrected chi connectivity index (χ1v) is 7.17. The van der Waals surface area contributed by atoms with Crippen molar-refractivity contribution in [1.29, 1.82) is 0 Å².